The zero-order valence-electron chi connectivity index (χ0n) is 16.4. The maximum Gasteiger partial charge on any atom is 0.405 e. The lowest BCUT2D eigenvalue weighted by molar-refractivity contribution is -0.658. The molecule has 1 aliphatic rings. The second-order valence-corrected chi connectivity index (χ2v) is 6.02. The van der Waals surface area contributed by atoms with Gasteiger partial charge in [-0.25, -0.2) is 9.55 Å². The average Bonchev–Trinajstić information content (AvgIpc) is 2.89. The van der Waals surface area contributed by atoms with Crippen LogP contribution in [0.15, 0.2) is 34.9 Å². The molecule has 114 valence electrons. The zero-order valence-corrected chi connectivity index (χ0v) is 13.4. The molecule has 0 amide bonds. The van der Waals surface area contributed by atoms with Crippen molar-refractivity contribution in [1.82, 2.24) is 4.98 Å². The molecule has 3 aromatic rings. The minimum absolute atomic E-state index is 0.0639. The smallest absolute Gasteiger partial charge is 0.405 e. The van der Waals surface area contributed by atoms with Crippen LogP contribution in [0.3, 0.4) is 0 Å². The van der Waals surface area contributed by atoms with E-state index in [-0.39, 0.29) is 6.85 Å². The summed E-state index contributed by atoms with van der Waals surface area (Å²) in [6, 6.07) is 7.50. The largest absolute Gasteiger partial charge is 0.439 e. The van der Waals surface area contributed by atoms with Crippen LogP contribution < -0.4 is 20.0 Å². The molecule has 0 saturated carbocycles. The van der Waals surface area contributed by atoms with Gasteiger partial charge in [0.25, 0.3) is 5.82 Å². The number of fused-ring (bicyclic) bond motifs is 3. The second-order valence-electron chi connectivity index (χ2n) is 6.02. The van der Waals surface area contributed by atoms with E-state index in [9.17, 15) is 0 Å². The predicted molar refractivity (Wildman–Crippen MR) is 93.4 cm³/mol. The standard InChI is InChI=1S/C18H19BN3O/c1-12-5-8-17(21(4)10-12)22-11-15-14-7-6-13(2)20-18(14)23-16(15)9-19(22)3/h5-11H,1-4H3/q+1/i1D3. The highest BCUT2D eigenvalue weighted by Crippen LogP contribution is 2.15. The molecule has 4 heterocycles. The predicted octanol–water partition coefficient (Wildman–Crippen LogP) is 1.47. The van der Waals surface area contributed by atoms with Crippen LogP contribution in [0.1, 0.15) is 15.4 Å². The van der Waals surface area contributed by atoms with Crippen LogP contribution >= 0.6 is 0 Å². The Kier molecular flexibility index (Phi) is 2.39. The molecule has 0 fully saturated rings. The Morgan fingerprint density at radius 2 is 2.17 bits per heavy atom. The van der Waals surface area contributed by atoms with Crippen LogP contribution in [0.25, 0.3) is 23.3 Å². The molecule has 1 aliphatic heterocycles. The molecule has 5 heteroatoms. The number of anilines is 1. The van der Waals surface area contributed by atoms with Crippen molar-refractivity contribution in [2.45, 2.75) is 20.6 Å². The van der Waals surface area contributed by atoms with Gasteiger partial charge in [0.1, 0.15) is 5.42 Å². The number of furan rings is 1. The summed E-state index contributed by atoms with van der Waals surface area (Å²) in [6.45, 7) is 1.96. The fraction of sp³-hybridized carbons (Fsp3) is 0.222. The maximum atomic E-state index is 7.58. The van der Waals surface area contributed by atoms with Crippen LogP contribution in [0.4, 0.5) is 5.82 Å². The lowest BCUT2D eigenvalue weighted by Gasteiger charge is -2.18. The SMILES string of the molecule is [2H]C([2H])([2H])c1ccc(N2C=c3c(oc4nc(C)ccc34)=CB2C)[n+](C)c1. The van der Waals surface area contributed by atoms with Crippen molar-refractivity contribution >= 4 is 35.9 Å². The number of rotatable bonds is 1. The third-order valence-electron chi connectivity index (χ3n) is 4.23. The minimum atomic E-state index is -2.11. The zero-order chi connectivity index (χ0) is 18.6. The van der Waals surface area contributed by atoms with Crippen LogP contribution in [-0.4, -0.2) is 11.8 Å². The number of pyridine rings is 2. The molecule has 3 aromatic heterocycles. The van der Waals surface area contributed by atoms with Crippen molar-refractivity contribution < 1.29 is 13.1 Å². The van der Waals surface area contributed by atoms with Crippen LogP contribution in [0.2, 0.25) is 6.82 Å². The Morgan fingerprint density at radius 1 is 1.30 bits per heavy atom. The van der Waals surface area contributed by atoms with Gasteiger partial charge in [-0.2, -0.15) is 0 Å². The Hall–Kier alpha value is -2.56. The summed E-state index contributed by atoms with van der Waals surface area (Å²) in [6.07, 6.45) is 3.71. The summed E-state index contributed by atoms with van der Waals surface area (Å²) in [5.41, 5.74) is 2.70. The van der Waals surface area contributed by atoms with Gasteiger partial charge in [-0.1, -0.05) is 0 Å². The van der Waals surface area contributed by atoms with E-state index in [1.807, 2.05) is 42.9 Å². The van der Waals surface area contributed by atoms with Crippen molar-refractivity contribution in [2.24, 2.45) is 7.05 Å². The summed E-state index contributed by atoms with van der Waals surface area (Å²) in [7, 11) is 1.86. The van der Waals surface area contributed by atoms with Gasteiger partial charge in [0, 0.05) is 15.9 Å². The molecule has 0 bridgehead atoms. The van der Waals surface area contributed by atoms with E-state index in [4.69, 9.17) is 8.53 Å². The van der Waals surface area contributed by atoms with Gasteiger partial charge in [0.2, 0.25) is 5.71 Å². The van der Waals surface area contributed by atoms with Gasteiger partial charge in [0.05, 0.1) is 30.0 Å². The molecule has 4 nitrogen and oxygen atoms in total. The topological polar surface area (TPSA) is 33.2 Å². The number of aryl methyl sites for hydroxylation is 3. The first kappa shape index (κ1) is 11.1. The van der Waals surface area contributed by atoms with Crippen molar-refractivity contribution in [3.8, 4) is 0 Å². The first-order chi connectivity index (χ1) is 12.2. The highest BCUT2D eigenvalue weighted by atomic mass is 16.3. The second kappa shape index (κ2) is 4.98. The fourth-order valence-electron chi connectivity index (χ4n) is 3.06. The molecule has 4 rings (SSSR count). The van der Waals surface area contributed by atoms with Crippen molar-refractivity contribution in [3.05, 3.63) is 52.4 Å². The molecule has 0 saturated heterocycles. The van der Waals surface area contributed by atoms with Crippen molar-refractivity contribution in [3.63, 3.8) is 0 Å². The molecule has 0 aliphatic carbocycles. The van der Waals surface area contributed by atoms with Gasteiger partial charge < -0.3 is 4.42 Å². The number of nitrogens with zero attached hydrogens (tertiary/aromatic N) is 3. The molecule has 0 atom stereocenters. The van der Waals surface area contributed by atoms with E-state index in [1.54, 1.807) is 12.3 Å². The van der Waals surface area contributed by atoms with E-state index < -0.39 is 6.85 Å². The van der Waals surface area contributed by atoms with Gasteiger partial charge in [-0.3, -0.25) is 4.81 Å². The number of hydrogen-bond acceptors (Lipinski definition) is 3. The normalized spacial score (nSPS) is 16.2. The third kappa shape index (κ3) is 2.24. The molecule has 0 N–H and O–H groups in total. The Bertz CT molecular complexity index is 1140. The molecule has 0 aromatic carbocycles. The third-order valence-corrected chi connectivity index (χ3v) is 4.23. The fourth-order valence-corrected chi connectivity index (χ4v) is 3.06. The highest BCUT2D eigenvalue weighted by molar-refractivity contribution is 6.76. The van der Waals surface area contributed by atoms with Crippen molar-refractivity contribution in [2.75, 3.05) is 4.81 Å². The quantitative estimate of drug-likeness (QED) is 0.504. The minimum Gasteiger partial charge on any atom is -0.439 e. The van der Waals surface area contributed by atoms with E-state index in [2.05, 4.69) is 22.6 Å². The van der Waals surface area contributed by atoms with Crippen LogP contribution in [0, 0.1) is 13.8 Å². The molecular weight excluding hydrogens is 285 g/mol. The monoisotopic (exact) mass is 307 g/mol. The maximum absolute atomic E-state index is 7.58. The van der Waals surface area contributed by atoms with Gasteiger partial charge in [0.15, 0.2) is 0 Å². The number of hydrogen-bond donors (Lipinski definition) is 0. The van der Waals surface area contributed by atoms with E-state index in [0.717, 1.165) is 27.5 Å². The van der Waals surface area contributed by atoms with Gasteiger partial charge >= 0.3 is 6.85 Å². The Balaban J connectivity index is 1.87. The summed E-state index contributed by atoms with van der Waals surface area (Å²) in [4.78, 5) is 6.58. The molecule has 0 spiro atoms. The molecule has 0 radical (unpaired) electrons. The Labute approximate surface area is 139 Å². The highest BCUT2D eigenvalue weighted by Gasteiger charge is 2.29. The lowest BCUT2D eigenvalue weighted by Crippen LogP contribution is -2.47. The Morgan fingerprint density at radius 3 is 2.96 bits per heavy atom. The van der Waals surface area contributed by atoms with E-state index in [0.29, 0.717) is 11.3 Å². The lowest BCUT2D eigenvalue weighted by atomic mass is 9.62. The molecule has 0 unspecified atom stereocenters. The summed E-state index contributed by atoms with van der Waals surface area (Å²) >= 11 is 0. The van der Waals surface area contributed by atoms with Crippen LogP contribution in [-0.2, 0) is 7.05 Å². The first-order valence-corrected chi connectivity index (χ1v) is 7.62. The van der Waals surface area contributed by atoms with Gasteiger partial charge in [-0.15, -0.1) is 0 Å². The summed E-state index contributed by atoms with van der Waals surface area (Å²) in [5.74, 6) is 2.96. The van der Waals surface area contributed by atoms with Crippen molar-refractivity contribution in [1.29, 1.82) is 0 Å². The van der Waals surface area contributed by atoms with E-state index >= 15 is 0 Å². The average molecular weight is 307 g/mol. The molecule has 23 heavy (non-hydrogen) atoms. The van der Waals surface area contributed by atoms with Crippen LogP contribution in [0.5, 0.6) is 0 Å². The first-order valence-electron chi connectivity index (χ1n) is 9.12. The summed E-state index contributed by atoms with van der Waals surface area (Å²) < 4.78 is 30.5. The number of aromatic nitrogens is 2. The summed E-state index contributed by atoms with van der Waals surface area (Å²) in [5, 5.41) is 1.96. The molecular formula is C18H19BN3O+. The van der Waals surface area contributed by atoms with Gasteiger partial charge in [-0.05, 0) is 50.3 Å². The van der Waals surface area contributed by atoms with E-state index in [1.165, 1.54) is 0 Å².